The van der Waals surface area contributed by atoms with E-state index < -0.39 is 6.10 Å². The van der Waals surface area contributed by atoms with E-state index in [0.717, 1.165) is 16.7 Å². The van der Waals surface area contributed by atoms with Crippen LogP contribution in [0, 0.1) is 5.82 Å². The molecule has 166 valence electrons. The molecule has 1 aliphatic rings. The average molecular weight is 456 g/mol. The van der Waals surface area contributed by atoms with Crippen LogP contribution < -0.4 is 4.90 Å². The highest BCUT2D eigenvalue weighted by molar-refractivity contribution is 6.33. The highest BCUT2D eigenvalue weighted by Crippen LogP contribution is 2.36. The number of aliphatic hydroxyl groups excluding tert-OH is 1. The van der Waals surface area contributed by atoms with Crippen LogP contribution in [0.1, 0.15) is 13.3 Å². The maximum Gasteiger partial charge on any atom is 0.251 e. The summed E-state index contributed by atoms with van der Waals surface area (Å²) in [5.74, 6) is 0.0819. The minimum atomic E-state index is -0.961. The third-order valence-corrected chi connectivity index (χ3v) is 5.85. The number of benzene rings is 1. The first-order valence-electron chi connectivity index (χ1n) is 10.4. The number of carbonyl (C=O) groups is 1. The zero-order valence-corrected chi connectivity index (χ0v) is 18.3. The van der Waals surface area contributed by atoms with Gasteiger partial charge in [-0.3, -0.25) is 9.78 Å². The highest BCUT2D eigenvalue weighted by atomic mass is 35.5. The van der Waals surface area contributed by atoms with E-state index in [1.807, 2.05) is 11.0 Å². The van der Waals surface area contributed by atoms with Gasteiger partial charge in [-0.05, 0) is 42.8 Å². The molecule has 2 aromatic heterocycles. The molecule has 7 nitrogen and oxygen atoms in total. The van der Waals surface area contributed by atoms with Gasteiger partial charge in [-0.1, -0.05) is 18.5 Å². The Morgan fingerprint density at radius 1 is 1.12 bits per heavy atom. The fraction of sp³-hybridized carbons (Fsp3) is 0.304. The zero-order chi connectivity index (χ0) is 22.7. The van der Waals surface area contributed by atoms with Gasteiger partial charge < -0.3 is 14.9 Å². The average Bonchev–Trinajstić information content (AvgIpc) is 2.84. The molecule has 0 bridgehead atoms. The summed E-state index contributed by atoms with van der Waals surface area (Å²) in [5.41, 5.74) is 2.81. The van der Waals surface area contributed by atoms with Crippen molar-refractivity contribution >= 4 is 23.3 Å². The Labute approximate surface area is 190 Å². The van der Waals surface area contributed by atoms with E-state index in [0.29, 0.717) is 49.1 Å². The lowest BCUT2D eigenvalue weighted by Gasteiger charge is -2.36. The number of pyridine rings is 1. The zero-order valence-electron chi connectivity index (χ0n) is 17.6. The monoisotopic (exact) mass is 455 g/mol. The second-order valence-corrected chi connectivity index (χ2v) is 7.97. The fourth-order valence-corrected chi connectivity index (χ4v) is 3.92. The number of hydrogen-bond donors (Lipinski definition) is 1. The number of aromatic nitrogens is 3. The topological polar surface area (TPSA) is 82.5 Å². The van der Waals surface area contributed by atoms with Crippen molar-refractivity contribution in [3.63, 3.8) is 0 Å². The molecule has 0 unspecified atom stereocenters. The minimum Gasteiger partial charge on any atom is -0.383 e. The summed E-state index contributed by atoms with van der Waals surface area (Å²) in [6.07, 6.45) is 2.65. The van der Waals surface area contributed by atoms with Crippen molar-refractivity contribution < 1.29 is 14.3 Å². The van der Waals surface area contributed by atoms with Crippen LogP contribution in [-0.4, -0.2) is 63.4 Å². The molecule has 0 aliphatic carbocycles. The van der Waals surface area contributed by atoms with Gasteiger partial charge in [0.2, 0.25) is 0 Å². The molecule has 1 amide bonds. The molecule has 0 saturated carbocycles. The van der Waals surface area contributed by atoms with Gasteiger partial charge in [-0.25, -0.2) is 4.39 Å². The van der Waals surface area contributed by atoms with Gasteiger partial charge in [0.1, 0.15) is 17.6 Å². The Kier molecular flexibility index (Phi) is 6.62. The molecule has 1 aliphatic heterocycles. The van der Waals surface area contributed by atoms with Crippen molar-refractivity contribution in [2.75, 3.05) is 31.1 Å². The Morgan fingerprint density at radius 2 is 1.84 bits per heavy atom. The number of carbonyl (C=O) groups excluding carboxylic acids is 1. The molecule has 4 rings (SSSR count). The van der Waals surface area contributed by atoms with E-state index in [-0.39, 0.29) is 11.7 Å². The molecule has 3 heterocycles. The summed E-state index contributed by atoms with van der Waals surface area (Å²) >= 11 is 6.43. The molecule has 0 spiro atoms. The Balaban J connectivity index is 1.65. The van der Waals surface area contributed by atoms with Gasteiger partial charge in [0.25, 0.3) is 5.91 Å². The molecule has 1 saturated heterocycles. The molecule has 1 N–H and O–H groups in total. The van der Waals surface area contributed by atoms with Crippen LogP contribution in [0.2, 0.25) is 5.02 Å². The molecule has 1 atom stereocenters. The van der Waals surface area contributed by atoms with Gasteiger partial charge in [0, 0.05) is 55.3 Å². The number of rotatable bonds is 5. The van der Waals surface area contributed by atoms with Crippen LogP contribution in [-0.2, 0) is 4.79 Å². The van der Waals surface area contributed by atoms with E-state index in [4.69, 9.17) is 11.6 Å². The van der Waals surface area contributed by atoms with Gasteiger partial charge in [0.15, 0.2) is 5.82 Å². The number of anilines is 1. The lowest BCUT2D eigenvalue weighted by molar-refractivity contribution is -0.140. The van der Waals surface area contributed by atoms with Crippen LogP contribution in [0.3, 0.4) is 0 Å². The van der Waals surface area contributed by atoms with Crippen molar-refractivity contribution in [1.29, 1.82) is 0 Å². The number of nitrogens with zero attached hydrogens (tertiary/aromatic N) is 5. The molecule has 1 fully saturated rings. The largest absolute Gasteiger partial charge is 0.383 e. The SMILES string of the molecule is CC[C@H](O)C(=O)N1CCN(c2cc(-c3ccncc3Cl)c(-c3ccc(F)cc3)nn2)CC1. The highest BCUT2D eigenvalue weighted by Gasteiger charge is 2.26. The summed E-state index contributed by atoms with van der Waals surface area (Å²) in [6.45, 7) is 3.89. The lowest BCUT2D eigenvalue weighted by Crippen LogP contribution is -2.51. The van der Waals surface area contributed by atoms with Crippen LogP contribution in [0.5, 0.6) is 0 Å². The first-order chi connectivity index (χ1) is 15.5. The van der Waals surface area contributed by atoms with E-state index >= 15 is 0 Å². The third kappa shape index (κ3) is 4.56. The normalized spacial score (nSPS) is 15.0. The van der Waals surface area contributed by atoms with Gasteiger partial charge in [-0.15, -0.1) is 10.2 Å². The van der Waals surface area contributed by atoms with Crippen LogP contribution in [0.15, 0.2) is 48.8 Å². The van der Waals surface area contributed by atoms with Crippen molar-refractivity contribution in [2.45, 2.75) is 19.4 Å². The summed E-state index contributed by atoms with van der Waals surface area (Å²) in [4.78, 5) is 20.0. The summed E-state index contributed by atoms with van der Waals surface area (Å²) in [5, 5.41) is 19.2. The predicted molar refractivity (Wildman–Crippen MR) is 121 cm³/mol. The van der Waals surface area contributed by atoms with Crippen LogP contribution in [0.4, 0.5) is 10.2 Å². The van der Waals surface area contributed by atoms with Gasteiger partial charge in [-0.2, -0.15) is 0 Å². The number of hydrogen-bond acceptors (Lipinski definition) is 6. The van der Waals surface area contributed by atoms with Crippen LogP contribution in [0.25, 0.3) is 22.4 Å². The number of piperazine rings is 1. The third-order valence-electron chi connectivity index (χ3n) is 5.55. The van der Waals surface area contributed by atoms with Crippen molar-refractivity contribution in [1.82, 2.24) is 20.1 Å². The molecular formula is C23H23ClFN5O2. The first kappa shape index (κ1) is 22.1. The summed E-state index contributed by atoms with van der Waals surface area (Å²) in [7, 11) is 0. The van der Waals surface area contributed by atoms with Gasteiger partial charge >= 0.3 is 0 Å². The number of aliphatic hydroxyl groups is 1. The first-order valence-corrected chi connectivity index (χ1v) is 10.8. The second kappa shape index (κ2) is 9.58. The van der Waals surface area contributed by atoms with Crippen molar-refractivity contribution in [3.8, 4) is 22.4 Å². The van der Waals surface area contributed by atoms with E-state index in [1.54, 1.807) is 42.4 Å². The van der Waals surface area contributed by atoms with E-state index in [1.165, 1.54) is 12.1 Å². The smallest absolute Gasteiger partial charge is 0.251 e. The summed E-state index contributed by atoms with van der Waals surface area (Å²) in [6, 6.07) is 9.78. The lowest BCUT2D eigenvalue weighted by atomic mass is 10.0. The van der Waals surface area contributed by atoms with E-state index in [2.05, 4.69) is 15.2 Å². The standard InChI is InChI=1S/C23H23ClFN5O2/c1-2-20(31)23(32)30-11-9-29(10-12-30)21-13-18(17-7-8-26-14-19(17)24)22(28-27-21)15-3-5-16(25)6-4-15/h3-8,13-14,20,31H,2,9-12H2,1H3/t20-/m0/s1. The molecule has 1 aromatic carbocycles. The Morgan fingerprint density at radius 3 is 2.50 bits per heavy atom. The van der Waals surface area contributed by atoms with E-state index in [9.17, 15) is 14.3 Å². The summed E-state index contributed by atoms with van der Waals surface area (Å²) < 4.78 is 13.4. The maximum absolute atomic E-state index is 13.4. The predicted octanol–water partition coefficient (Wildman–Crippen LogP) is 3.42. The quantitative estimate of drug-likeness (QED) is 0.634. The molecule has 3 aromatic rings. The number of halogens is 2. The molecular weight excluding hydrogens is 433 g/mol. The molecule has 32 heavy (non-hydrogen) atoms. The Bertz CT molecular complexity index is 1100. The second-order valence-electron chi connectivity index (χ2n) is 7.56. The molecule has 0 radical (unpaired) electrons. The van der Waals surface area contributed by atoms with Gasteiger partial charge in [0.05, 0.1) is 5.02 Å². The van der Waals surface area contributed by atoms with Crippen LogP contribution >= 0.6 is 11.6 Å². The Hall–Kier alpha value is -3.10. The minimum absolute atomic E-state index is 0.242. The van der Waals surface area contributed by atoms with Crippen molar-refractivity contribution in [2.24, 2.45) is 0 Å². The number of amides is 1. The maximum atomic E-state index is 13.4. The fourth-order valence-electron chi connectivity index (χ4n) is 3.70. The van der Waals surface area contributed by atoms with Crippen molar-refractivity contribution in [3.05, 3.63) is 59.6 Å². The molecule has 9 heteroatoms.